The molecule has 20 heteroatoms. The lowest BCUT2D eigenvalue weighted by Gasteiger charge is -2.49. The number of Topliss-reactive ketones (excluding diaryl/α,β-unsaturated/α-hetero) is 1. The van der Waals surface area contributed by atoms with Gasteiger partial charge in [0.15, 0.2) is 28.1 Å². The van der Waals surface area contributed by atoms with E-state index < -0.39 is 81.3 Å². The number of aromatic hydroxyl groups is 2. The van der Waals surface area contributed by atoms with E-state index in [4.69, 9.17) is 16.3 Å². The number of β-lactam (4-membered cyclic amide) rings is 1. The number of benzene rings is 1. The van der Waals surface area contributed by atoms with Crippen molar-refractivity contribution in [2.24, 2.45) is 10.9 Å². The molecule has 50 heavy (non-hydrogen) atoms. The van der Waals surface area contributed by atoms with Crippen LogP contribution in [0.15, 0.2) is 58.3 Å². The van der Waals surface area contributed by atoms with Crippen LogP contribution in [0.2, 0.25) is 0 Å². The van der Waals surface area contributed by atoms with Crippen molar-refractivity contribution in [2.75, 3.05) is 11.5 Å². The van der Waals surface area contributed by atoms with Crippen LogP contribution in [0, 0.1) is 0 Å². The number of carbonyl (C=O) groups excluding carboxylic acids is 4. The summed E-state index contributed by atoms with van der Waals surface area (Å²) >= 11 is 1.96. The fourth-order valence-electron chi connectivity index (χ4n) is 4.80. The van der Waals surface area contributed by atoms with Crippen molar-refractivity contribution < 1.29 is 54.0 Å². The molecule has 4 heterocycles. The molecule has 1 fully saturated rings. The number of carboxylic acid groups (broad SMARTS) is 2. The number of carbonyl (C=O) groups is 6. The number of hydrogen-bond donors (Lipinski definition) is 7. The maximum absolute atomic E-state index is 13.7. The number of phenolic OH excluding ortho intramolecular Hbond substituents is 2. The van der Waals surface area contributed by atoms with Gasteiger partial charge in [0.1, 0.15) is 28.5 Å². The second-order valence-electron chi connectivity index (χ2n) is 11.2. The maximum atomic E-state index is 13.7. The molecule has 0 spiro atoms. The molecule has 18 nitrogen and oxygen atoms in total. The summed E-state index contributed by atoms with van der Waals surface area (Å²) in [6, 6.07) is 2.96. The molecule has 3 atom stereocenters. The van der Waals surface area contributed by atoms with Gasteiger partial charge >= 0.3 is 11.9 Å². The number of thiazole rings is 1. The third-order valence-corrected chi connectivity index (χ3v) is 9.51. The molecule has 0 radical (unpaired) electrons. The van der Waals surface area contributed by atoms with E-state index in [1.165, 1.54) is 43.6 Å². The van der Waals surface area contributed by atoms with Crippen LogP contribution in [0.25, 0.3) is 0 Å². The Bertz CT molecular complexity index is 2030. The fraction of sp³-hybridized carbons (Fsp3) is 0.233. The van der Waals surface area contributed by atoms with Gasteiger partial charge in [0.05, 0.1) is 6.04 Å². The van der Waals surface area contributed by atoms with E-state index in [-0.39, 0.29) is 39.0 Å². The zero-order valence-corrected chi connectivity index (χ0v) is 27.5. The minimum atomic E-state index is -1.85. The van der Waals surface area contributed by atoms with Crippen LogP contribution in [-0.2, 0) is 24.0 Å². The molecule has 2 unspecified atom stereocenters. The molecule has 3 aromatic rings. The molecule has 260 valence electrons. The van der Waals surface area contributed by atoms with Gasteiger partial charge in [-0.25, -0.2) is 14.6 Å². The lowest BCUT2D eigenvalue weighted by molar-refractivity contribution is -0.161. The number of thioether (sulfide) groups is 1. The zero-order valence-electron chi connectivity index (χ0n) is 25.9. The normalized spacial score (nSPS) is 18.1. The van der Waals surface area contributed by atoms with Crippen LogP contribution in [0.4, 0.5) is 5.13 Å². The summed E-state index contributed by atoms with van der Waals surface area (Å²) < 4.78 is 0. The average molecular weight is 726 g/mol. The number of carboxylic acids is 2. The first-order valence-corrected chi connectivity index (χ1v) is 16.2. The van der Waals surface area contributed by atoms with Crippen molar-refractivity contribution >= 4 is 69.3 Å². The number of nitrogen functional groups attached to an aromatic ring is 1. The first kappa shape index (κ1) is 35.4. The maximum Gasteiger partial charge on any atom is 0.352 e. The van der Waals surface area contributed by atoms with E-state index in [0.29, 0.717) is 0 Å². The summed E-state index contributed by atoms with van der Waals surface area (Å²) in [7, 11) is 0. The molecule has 0 bridgehead atoms. The number of anilines is 1. The summed E-state index contributed by atoms with van der Waals surface area (Å²) in [4.78, 5) is 91.6. The van der Waals surface area contributed by atoms with E-state index in [0.717, 1.165) is 40.1 Å². The first-order valence-electron chi connectivity index (χ1n) is 14.3. The number of hydrogen-bond acceptors (Lipinski definition) is 16. The lowest BCUT2D eigenvalue weighted by atomic mass is 9.92. The van der Waals surface area contributed by atoms with Crippen LogP contribution in [0.3, 0.4) is 0 Å². The highest BCUT2D eigenvalue weighted by atomic mass is 32.2. The number of aliphatic carboxylic acids is 2. The molecule has 2 aromatic heterocycles. The van der Waals surface area contributed by atoms with Gasteiger partial charge in [0, 0.05) is 28.5 Å². The van der Waals surface area contributed by atoms with E-state index in [2.05, 4.69) is 20.4 Å². The van der Waals surface area contributed by atoms with Gasteiger partial charge in [-0.2, -0.15) is 0 Å². The number of nitrogens with one attached hydrogen (secondary N) is 1. The van der Waals surface area contributed by atoms with Crippen molar-refractivity contribution in [3.05, 3.63) is 75.7 Å². The Hall–Kier alpha value is -5.86. The number of phenols is 2. The molecule has 5 rings (SSSR count). The molecule has 2 aliphatic rings. The molecule has 0 saturated carbocycles. The standard InChI is InChI=1S/C30H27N7O11S2/c1-30(2,28(46)47)48-36-19(14-10-50-29(32)34-14)24(42)35-20-25(43)37-21(27(44)45)13(9-49-26(20)37)17(31)23(41)12-4-3-7-33-18(12)22(40)11-5-6-15(38)16(39)8-11/h3-8,10,17,20,26,38-39H,9,31H2,1-2H3,(H2,32,34)(H,35,42)(H,44,45)(H,46,47)/b36-19-/t17?,20?,26-/m1/s1. The van der Waals surface area contributed by atoms with Crippen LogP contribution < -0.4 is 16.8 Å². The summed E-state index contributed by atoms with van der Waals surface area (Å²) in [6.45, 7) is 2.38. The van der Waals surface area contributed by atoms with Crippen LogP contribution in [0.5, 0.6) is 11.5 Å². The number of oxime groups is 1. The number of rotatable bonds is 12. The predicted molar refractivity (Wildman–Crippen MR) is 175 cm³/mol. The van der Waals surface area contributed by atoms with Crippen molar-refractivity contribution in [1.29, 1.82) is 0 Å². The van der Waals surface area contributed by atoms with Gasteiger partial charge < -0.3 is 42.0 Å². The highest BCUT2D eigenvalue weighted by Gasteiger charge is 2.55. The van der Waals surface area contributed by atoms with Crippen LogP contribution >= 0.6 is 23.1 Å². The molecule has 2 aliphatic heterocycles. The van der Waals surface area contributed by atoms with Gasteiger partial charge in [-0.05, 0) is 49.8 Å². The number of pyridine rings is 1. The van der Waals surface area contributed by atoms with Gasteiger partial charge in [-0.1, -0.05) is 5.16 Å². The molecule has 1 aromatic carbocycles. The third-order valence-electron chi connectivity index (χ3n) is 7.53. The number of ketones is 2. The average Bonchev–Trinajstić information content (AvgIpc) is 3.51. The largest absolute Gasteiger partial charge is 0.504 e. The molecule has 2 amide bonds. The highest BCUT2D eigenvalue weighted by Crippen LogP contribution is 2.41. The molecular weight excluding hydrogens is 699 g/mol. The number of aromatic nitrogens is 2. The Balaban J connectivity index is 1.40. The summed E-state index contributed by atoms with van der Waals surface area (Å²) in [5.74, 6) is -7.74. The second kappa shape index (κ2) is 13.6. The Labute approximate surface area is 289 Å². The summed E-state index contributed by atoms with van der Waals surface area (Å²) in [5.41, 5.74) is 8.13. The quantitative estimate of drug-likeness (QED) is 0.0434. The topological polar surface area (TPSA) is 298 Å². The van der Waals surface area contributed by atoms with Gasteiger partial charge in [0.2, 0.25) is 11.4 Å². The first-order chi connectivity index (χ1) is 23.5. The van der Waals surface area contributed by atoms with Crippen molar-refractivity contribution in [2.45, 2.75) is 36.9 Å². The number of fused-ring (bicyclic) bond motifs is 1. The Morgan fingerprint density at radius 3 is 2.48 bits per heavy atom. The summed E-state index contributed by atoms with van der Waals surface area (Å²) in [6.07, 6.45) is 1.24. The Kier molecular flexibility index (Phi) is 9.62. The fourth-order valence-corrected chi connectivity index (χ4v) is 6.75. The highest BCUT2D eigenvalue weighted by molar-refractivity contribution is 8.00. The van der Waals surface area contributed by atoms with E-state index >= 15 is 0 Å². The number of amides is 2. The number of nitrogens with zero attached hydrogens (tertiary/aromatic N) is 4. The SMILES string of the molecule is CC(C)(O/N=C(\C(=O)NC1C(=O)N2C(C(=O)O)=C(C(N)C(=O)c3cccnc3C(=O)c3ccc(O)c(O)c3)CS[C@H]12)c1csc(N)n1)C(=O)O. The van der Waals surface area contributed by atoms with Crippen molar-refractivity contribution in [1.82, 2.24) is 20.2 Å². The molecule has 9 N–H and O–H groups in total. The van der Waals surface area contributed by atoms with E-state index in [1.54, 1.807) is 0 Å². The smallest absolute Gasteiger partial charge is 0.352 e. The second-order valence-corrected chi connectivity index (χ2v) is 13.2. The van der Waals surface area contributed by atoms with E-state index in [9.17, 15) is 49.2 Å². The zero-order chi connectivity index (χ0) is 36.7. The summed E-state index contributed by atoms with van der Waals surface area (Å²) in [5, 5.41) is 45.6. The number of nitrogens with two attached hydrogens (primary N) is 2. The van der Waals surface area contributed by atoms with Gasteiger partial charge in [-0.3, -0.25) is 29.1 Å². The monoisotopic (exact) mass is 725 g/mol. The third kappa shape index (κ3) is 6.58. The van der Waals surface area contributed by atoms with Gasteiger partial charge in [0.25, 0.3) is 11.8 Å². The van der Waals surface area contributed by atoms with Crippen molar-refractivity contribution in [3.8, 4) is 11.5 Å². The Morgan fingerprint density at radius 1 is 1.14 bits per heavy atom. The van der Waals surface area contributed by atoms with E-state index in [1.807, 2.05) is 0 Å². The molecule has 1 saturated heterocycles. The minimum absolute atomic E-state index is 0.0591. The Morgan fingerprint density at radius 2 is 1.86 bits per heavy atom. The molecular formula is C30H27N7O11S2. The lowest BCUT2D eigenvalue weighted by Crippen LogP contribution is -2.71. The predicted octanol–water partition coefficient (Wildman–Crippen LogP) is 0.295. The molecule has 0 aliphatic carbocycles. The minimum Gasteiger partial charge on any atom is -0.504 e. The van der Waals surface area contributed by atoms with Crippen LogP contribution in [-0.4, -0.2) is 105 Å². The van der Waals surface area contributed by atoms with Gasteiger partial charge in [-0.15, -0.1) is 23.1 Å². The van der Waals surface area contributed by atoms with Crippen LogP contribution in [0.1, 0.15) is 46.0 Å². The van der Waals surface area contributed by atoms with Crippen molar-refractivity contribution in [3.63, 3.8) is 0 Å².